The fourth-order valence-electron chi connectivity index (χ4n) is 4.28. The van der Waals surface area contributed by atoms with E-state index < -0.39 is 0 Å². The summed E-state index contributed by atoms with van der Waals surface area (Å²) in [5.41, 5.74) is 0.344. The first-order valence-corrected chi connectivity index (χ1v) is 6.11. The average molecular weight is 190 g/mol. The third-order valence-electron chi connectivity index (χ3n) is 5.25. The van der Waals surface area contributed by atoms with Crippen LogP contribution in [0.1, 0.15) is 32.6 Å². The van der Waals surface area contributed by atoms with Crippen LogP contribution < -0.4 is 0 Å². The summed E-state index contributed by atoms with van der Waals surface area (Å²) < 4.78 is 6.12. The molecule has 1 spiro atoms. The van der Waals surface area contributed by atoms with Crippen molar-refractivity contribution in [2.75, 3.05) is 0 Å². The van der Waals surface area contributed by atoms with Crippen molar-refractivity contribution in [2.24, 2.45) is 29.6 Å². The molecule has 5 atom stereocenters. The predicted molar refractivity (Wildman–Crippen MR) is 54.5 cm³/mol. The number of rotatable bonds is 0. The maximum absolute atomic E-state index is 6.12. The van der Waals surface area contributed by atoms with Gasteiger partial charge >= 0.3 is 0 Å². The molecule has 0 N–H and O–H groups in total. The highest BCUT2D eigenvalue weighted by molar-refractivity contribution is 5.35. The van der Waals surface area contributed by atoms with E-state index in [1.54, 1.807) is 0 Å². The Morgan fingerprint density at radius 2 is 2.00 bits per heavy atom. The van der Waals surface area contributed by atoms with Gasteiger partial charge in [0, 0.05) is 23.7 Å². The van der Waals surface area contributed by atoms with E-state index >= 15 is 0 Å². The van der Waals surface area contributed by atoms with Crippen molar-refractivity contribution < 1.29 is 4.74 Å². The minimum atomic E-state index is 0.344. The van der Waals surface area contributed by atoms with Gasteiger partial charge in [0.25, 0.3) is 0 Å². The standard InChI is InChI=1S/C13H18O/c1-7-3-4-9-8(2)14-13(10(9)5-7)11-6-12(11)13/h7,9-12H,2-6H2,1H3/t7-,9?,10?,11?,12?,13?/m0/s1. The monoisotopic (exact) mass is 190 g/mol. The second-order valence-corrected chi connectivity index (χ2v) is 6.00. The van der Waals surface area contributed by atoms with Gasteiger partial charge in [-0.15, -0.1) is 0 Å². The van der Waals surface area contributed by atoms with Gasteiger partial charge in [-0.05, 0) is 31.6 Å². The minimum absolute atomic E-state index is 0.344. The number of ether oxygens (including phenoxy) is 1. The number of hydrogen-bond acceptors (Lipinski definition) is 1. The lowest BCUT2D eigenvalue weighted by atomic mass is 9.70. The van der Waals surface area contributed by atoms with Gasteiger partial charge in [-0.2, -0.15) is 0 Å². The fraction of sp³-hybridized carbons (Fsp3) is 0.846. The zero-order valence-corrected chi connectivity index (χ0v) is 8.83. The van der Waals surface area contributed by atoms with Crippen molar-refractivity contribution >= 4 is 0 Å². The van der Waals surface area contributed by atoms with Gasteiger partial charge in [-0.1, -0.05) is 13.5 Å². The highest BCUT2D eigenvalue weighted by Gasteiger charge is 2.84. The molecule has 4 rings (SSSR count). The van der Waals surface area contributed by atoms with Crippen molar-refractivity contribution in [3.8, 4) is 0 Å². The third kappa shape index (κ3) is 0.676. The molecule has 4 unspecified atom stereocenters. The molecule has 0 aromatic carbocycles. The topological polar surface area (TPSA) is 9.23 Å². The molecule has 0 aromatic rings. The highest BCUT2D eigenvalue weighted by atomic mass is 16.5. The molecule has 0 aromatic heterocycles. The average Bonchev–Trinajstić information content (AvgIpc) is 3.01. The van der Waals surface area contributed by atoms with Crippen LogP contribution in [-0.4, -0.2) is 5.60 Å². The van der Waals surface area contributed by atoms with Crippen molar-refractivity contribution in [2.45, 2.75) is 38.2 Å². The molecule has 3 aliphatic carbocycles. The number of fused-ring (bicyclic) bond motifs is 5. The Labute approximate surface area is 85.5 Å². The molecular weight excluding hydrogens is 172 g/mol. The lowest BCUT2D eigenvalue weighted by Gasteiger charge is -2.32. The van der Waals surface area contributed by atoms with Gasteiger partial charge in [0.2, 0.25) is 0 Å². The van der Waals surface area contributed by atoms with E-state index in [9.17, 15) is 0 Å². The molecule has 0 radical (unpaired) electrons. The molecule has 4 aliphatic rings. The Balaban J connectivity index is 1.68. The largest absolute Gasteiger partial charge is 0.491 e. The van der Waals surface area contributed by atoms with E-state index in [2.05, 4.69) is 13.5 Å². The van der Waals surface area contributed by atoms with Crippen LogP contribution in [0.15, 0.2) is 12.3 Å². The molecule has 4 fully saturated rings. The van der Waals surface area contributed by atoms with Crippen LogP contribution in [-0.2, 0) is 4.74 Å². The molecule has 3 saturated carbocycles. The number of hydrogen-bond donors (Lipinski definition) is 0. The Bertz CT molecular complexity index is 311. The Morgan fingerprint density at radius 1 is 1.21 bits per heavy atom. The fourth-order valence-corrected chi connectivity index (χ4v) is 4.28. The van der Waals surface area contributed by atoms with Gasteiger partial charge in [-0.25, -0.2) is 0 Å². The van der Waals surface area contributed by atoms with Crippen LogP contribution in [0.25, 0.3) is 0 Å². The summed E-state index contributed by atoms with van der Waals surface area (Å²) >= 11 is 0. The summed E-state index contributed by atoms with van der Waals surface area (Å²) in [7, 11) is 0. The molecule has 14 heavy (non-hydrogen) atoms. The first-order valence-electron chi connectivity index (χ1n) is 6.11. The SMILES string of the molecule is C=C1OC2(C3C[C@@H](C)CCC13)C1CC12. The number of allylic oxidation sites excluding steroid dienone is 1. The van der Waals surface area contributed by atoms with Crippen molar-refractivity contribution in [1.29, 1.82) is 0 Å². The normalized spacial score (nSPS) is 63.2. The Morgan fingerprint density at radius 3 is 2.64 bits per heavy atom. The highest BCUT2D eigenvalue weighted by Crippen LogP contribution is 2.81. The van der Waals surface area contributed by atoms with Crippen molar-refractivity contribution in [3.05, 3.63) is 12.3 Å². The smallest absolute Gasteiger partial charge is 0.118 e. The lowest BCUT2D eigenvalue weighted by Crippen LogP contribution is -2.33. The first kappa shape index (κ1) is 7.78. The maximum Gasteiger partial charge on any atom is 0.118 e. The third-order valence-corrected chi connectivity index (χ3v) is 5.25. The summed E-state index contributed by atoms with van der Waals surface area (Å²) in [5.74, 6) is 5.51. The zero-order chi connectivity index (χ0) is 9.50. The van der Waals surface area contributed by atoms with Crippen LogP contribution in [0.3, 0.4) is 0 Å². The first-order chi connectivity index (χ1) is 6.73. The predicted octanol–water partition coefficient (Wildman–Crippen LogP) is 2.97. The Kier molecular flexibility index (Phi) is 1.14. The second kappa shape index (κ2) is 2.05. The summed E-state index contributed by atoms with van der Waals surface area (Å²) in [5, 5.41) is 0. The van der Waals surface area contributed by atoms with Gasteiger partial charge in [0.05, 0.1) is 5.76 Å². The molecule has 1 heteroatoms. The van der Waals surface area contributed by atoms with Crippen LogP contribution >= 0.6 is 0 Å². The van der Waals surface area contributed by atoms with Gasteiger partial charge in [-0.3, -0.25) is 0 Å². The molecule has 0 amide bonds. The van der Waals surface area contributed by atoms with E-state index in [-0.39, 0.29) is 0 Å². The summed E-state index contributed by atoms with van der Waals surface area (Å²) in [4.78, 5) is 0. The van der Waals surface area contributed by atoms with E-state index in [1.807, 2.05) is 0 Å². The van der Waals surface area contributed by atoms with Crippen LogP contribution in [0.5, 0.6) is 0 Å². The van der Waals surface area contributed by atoms with Gasteiger partial charge in [0.1, 0.15) is 5.60 Å². The van der Waals surface area contributed by atoms with Crippen molar-refractivity contribution in [1.82, 2.24) is 0 Å². The van der Waals surface area contributed by atoms with Crippen LogP contribution in [0, 0.1) is 29.6 Å². The molecule has 1 saturated heterocycles. The lowest BCUT2D eigenvalue weighted by molar-refractivity contribution is 0.0382. The van der Waals surface area contributed by atoms with Crippen LogP contribution in [0.2, 0.25) is 0 Å². The van der Waals surface area contributed by atoms with Gasteiger partial charge in [0.15, 0.2) is 0 Å². The zero-order valence-electron chi connectivity index (χ0n) is 8.83. The minimum Gasteiger partial charge on any atom is -0.491 e. The van der Waals surface area contributed by atoms with E-state index in [0.717, 1.165) is 35.3 Å². The molecular formula is C13H18O. The summed E-state index contributed by atoms with van der Waals surface area (Å²) in [6.07, 6.45) is 5.57. The molecule has 1 heterocycles. The molecule has 76 valence electrons. The molecule has 1 aliphatic heterocycles. The summed E-state index contributed by atoms with van der Waals surface area (Å²) in [6, 6.07) is 0. The second-order valence-electron chi connectivity index (χ2n) is 6.00. The molecule has 1 nitrogen and oxygen atoms in total. The Hall–Kier alpha value is -0.460. The van der Waals surface area contributed by atoms with E-state index in [1.165, 1.54) is 25.7 Å². The maximum atomic E-state index is 6.12. The molecule has 0 bridgehead atoms. The van der Waals surface area contributed by atoms with E-state index in [0.29, 0.717) is 5.60 Å². The van der Waals surface area contributed by atoms with E-state index in [4.69, 9.17) is 4.74 Å². The quantitative estimate of drug-likeness (QED) is 0.570. The van der Waals surface area contributed by atoms with Crippen LogP contribution in [0.4, 0.5) is 0 Å². The van der Waals surface area contributed by atoms with Crippen molar-refractivity contribution in [3.63, 3.8) is 0 Å². The van der Waals surface area contributed by atoms with Gasteiger partial charge < -0.3 is 4.74 Å². The summed E-state index contributed by atoms with van der Waals surface area (Å²) in [6.45, 7) is 6.53.